The predicted molar refractivity (Wildman–Crippen MR) is 118 cm³/mol. The van der Waals surface area contributed by atoms with Gasteiger partial charge in [0.05, 0.1) is 12.2 Å². The largest absolute Gasteiger partial charge is 0.481 e. The molecule has 0 amide bonds. The topological polar surface area (TPSA) is 77.8 Å². The van der Waals surface area contributed by atoms with Crippen LogP contribution >= 0.6 is 0 Å². The minimum absolute atomic E-state index is 0.194. The minimum Gasteiger partial charge on any atom is -0.481 e. The molecule has 4 nitrogen and oxygen atoms in total. The van der Waals surface area contributed by atoms with Gasteiger partial charge in [-0.1, -0.05) is 34.1 Å². The average Bonchev–Trinajstić information content (AvgIpc) is 3.05. The zero-order valence-corrected chi connectivity index (χ0v) is 19.5. The first-order chi connectivity index (χ1) is 14.1. The average molecular weight is 421 g/mol. The fourth-order valence-corrected chi connectivity index (χ4v) is 9.48. The monoisotopic (exact) mass is 420 g/mol. The van der Waals surface area contributed by atoms with Gasteiger partial charge in [-0.05, 0) is 104 Å². The first kappa shape index (κ1) is 22.6. The molecule has 4 heteroatoms. The first-order valence-corrected chi connectivity index (χ1v) is 12.7. The molecule has 3 N–H and O–H groups in total. The van der Waals surface area contributed by atoms with E-state index in [0.717, 1.165) is 32.1 Å². The van der Waals surface area contributed by atoms with Crippen molar-refractivity contribution in [2.45, 2.75) is 104 Å². The van der Waals surface area contributed by atoms with Crippen LogP contribution in [0.5, 0.6) is 0 Å². The molecule has 0 radical (unpaired) electrons. The van der Waals surface area contributed by atoms with Gasteiger partial charge in [0, 0.05) is 6.42 Å². The van der Waals surface area contributed by atoms with Crippen LogP contribution in [0.25, 0.3) is 0 Å². The number of hydrogen-bond donors (Lipinski definition) is 3. The number of rotatable bonds is 5. The van der Waals surface area contributed by atoms with Gasteiger partial charge in [0.1, 0.15) is 0 Å². The van der Waals surface area contributed by atoms with Crippen LogP contribution in [-0.2, 0) is 4.79 Å². The Kier molecular flexibility index (Phi) is 6.07. The van der Waals surface area contributed by atoms with Crippen LogP contribution in [0.15, 0.2) is 0 Å². The Hall–Kier alpha value is -0.610. The summed E-state index contributed by atoms with van der Waals surface area (Å²) in [5.41, 5.74) is 0.480. The Morgan fingerprint density at radius 2 is 1.67 bits per heavy atom. The molecule has 0 aliphatic heterocycles. The van der Waals surface area contributed by atoms with Gasteiger partial charge in [-0.2, -0.15) is 0 Å². The van der Waals surface area contributed by atoms with E-state index in [1.807, 2.05) is 0 Å². The highest BCUT2D eigenvalue weighted by Crippen LogP contribution is 2.69. The van der Waals surface area contributed by atoms with Gasteiger partial charge in [-0.25, -0.2) is 0 Å². The van der Waals surface area contributed by atoms with E-state index in [1.54, 1.807) is 0 Å². The summed E-state index contributed by atoms with van der Waals surface area (Å²) in [6, 6.07) is 0. The van der Waals surface area contributed by atoms with Crippen LogP contribution in [0, 0.1) is 52.3 Å². The van der Waals surface area contributed by atoms with E-state index in [9.17, 15) is 15.0 Å². The smallest absolute Gasteiger partial charge is 0.303 e. The second-order valence-corrected chi connectivity index (χ2v) is 12.0. The number of carbonyl (C=O) groups is 1. The summed E-state index contributed by atoms with van der Waals surface area (Å²) in [6.45, 7) is 9.44. The third-order valence-electron chi connectivity index (χ3n) is 11.0. The molecule has 0 aromatic rings. The van der Waals surface area contributed by atoms with E-state index in [2.05, 4.69) is 27.7 Å². The van der Waals surface area contributed by atoms with Gasteiger partial charge in [0.25, 0.3) is 0 Å². The van der Waals surface area contributed by atoms with Gasteiger partial charge < -0.3 is 15.3 Å². The summed E-state index contributed by atoms with van der Waals surface area (Å²) in [5.74, 6) is 2.58. The summed E-state index contributed by atoms with van der Waals surface area (Å²) in [4.78, 5) is 11.1. The zero-order valence-electron chi connectivity index (χ0n) is 19.5. The highest BCUT2D eigenvalue weighted by Gasteiger charge is 2.64. The number of aliphatic hydroxyl groups is 2. The lowest BCUT2D eigenvalue weighted by Gasteiger charge is -2.64. The van der Waals surface area contributed by atoms with Crippen molar-refractivity contribution in [3.63, 3.8) is 0 Å². The molecule has 4 saturated carbocycles. The van der Waals surface area contributed by atoms with E-state index in [1.165, 1.54) is 25.7 Å². The third kappa shape index (κ3) is 3.36. The van der Waals surface area contributed by atoms with E-state index >= 15 is 0 Å². The molecule has 0 spiro atoms. The minimum atomic E-state index is -0.683. The number of aliphatic carboxylic acids is 1. The molecule has 4 aliphatic carbocycles. The van der Waals surface area contributed by atoms with Crippen LogP contribution in [0.4, 0.5) is 0 Å². The lowest BCUT2D eigenvalue weighted by atomic mass is 9.41. The van der Waals surface area contributed by atoms with E-state index in [-0.39, 0.29) is 29.5 Å². The van der Waals surface area contributed by atoms with E-state index < -0.39 is 5.97 Å². The summed E-state index contributed by atoms with van der Waals surface area (Å²) >= 11 is 0. The molecular weight excluding hydrogens is 376 g/mol. The molecule has 172 valence electrons. The maximum atomic E-state index is 11.7. The van der Waals surface area contributed by atoms with Gasteiger partial charge in [-0.15, -0.1) is 0 Å². The Morgan fingerprint density at radius 1 is 1.00 bits per heavy atom. The molecule has 4 aliphatic rings. The van der Waals surface area contributed by atoms with Crippen molar-refractivity contribution in [2.24, 2.45) is 52.3 Å². The number of carboxylic acids is 1. The first-order valence-electron chi connectivity index (χ1n) is 12.7. The highest BCUT2D eigenvalue weighted by atomic mass is 16.4. The molecule has 0 aromatic carbocycles. The number of carboxylic acid groups (broad SMARTS) is 1. The number of aliphatic hydroxyl groups excluding tert-OH is 2. The summed E-state index contributed by atoms with van der Waals surface area (Å²) < 4.78 is 0. The number of fused-ring (bicyclic) bond motifs is 5. The van der Waals surface area contributed by atoms with Crippen LogP contribution in [-0.4, -0.2) is 33.5 Å². The van der Waals surface area contributed by atoms with Crippen molar-refractivity contribution < 1.29 is 20.1 Å². The van der Waals surface area contributed by atoms with Crippen molar-refractivity contribution in [3.05, 3.63) is 0 Å². The fourth-order valence-electron chi connectivity index (χ4n) is 9.48. The van der Waals surface area contributed by atoms with Crippen molar-refractivity contribution in [2.75, 3.05) is 0 Å². The molecule has 0 bridgehead atoms. The molecule has 30 heavy (non-hydrogen) atoms. The maximum absolute atomic E-state index is 11.7. The number of hydrogen-bond acceptors (Lipinski definition) is 3. The Labute approximate surface area is 182 Å². The maximum Gasteiger partial charge on any atom is 0.303 e. The van der Waals surface area contributed by atoms with E-state index in [0.29, 0.717) is 41.4 Å². The lowest BCUT2D eigenvalue weighted by Crippen LogP contribution is -2.62. The molecule has 4 rings (SSSR count). The Morgan fingerprint density at radius 3 is 2.33 bits per heavy atom. The van der Waals surface area contributed by atoms with Crippen molar-refractivity contribution in [1.29, 1.82) is 0 Å². The normalized spacial score (nSPS) is 51.5. The van der Waals surface area contributed by atoms with Crippen molar-refractivity contribution in [3.8, 4) is 0 Å². The molecule has 4 fully saturated rings. The molecule has 3 unspecified atom stereocenters. The predicted octanol–water partition coefficient (Wildman–Crippen LogP) is 5.11. The van der Waals surface area contributed by atoms with Crippen LogP contribution < -0.4 is 0 Å². The van der Waals surface area contributed by atoms with Crippen LogP contribution in [0.1, 0.15) is 91.9 Å². The highest BCUT2D eigenvalue weighted by molar-refractivity contribution is 5.66. The standard InChI is InChI=1S/C26H44O4/c1-5-17-21-14-16(27)10-12-26(21,4)20-11-13-25(3)18(15(2)6-9-22(28)29)7-8-19(25)23(20)24(17)30/h15-21,23-24,27,30H,5-14H2,1-4H3,(H,28,29)/t15-,16-,17-,18-,19?,20+,21?,23?,24-,25-,26-/m1/s1. The van der Waals surface area contributed by atoms with Gasteiger partial charge in [0.2, 0.25) is 0 Å². The molecule has 0 heterocycles. The van der Waals surface area contributed by atoms with Crippen molar-refractivity contribution in [1.82, 2.24) is 0 Å². The summed E-state index contributed by atoms with van der Waals surface area (Å²) in [7, 11) is 0. The quantitative estimate of drug-likeness (QED) is 0.577. The molecule has 11 atom stereocenters. The lowest BCUT2D eigenvalue weighted by molar-refractivity contribution is -0.203. The van der Waals surface area contributed by atoms with Crippen LogP contribution in [0.2, 0.25) is 0 Å². The second kappa shape index (κ2) is 8.06. The third-order valence-corrected chi connectivity index (χ3v) is 11.0. The van der Waals surface area contributed by atoms with Crippen molar-refractivity contribution >= 4 is 5.97 Å². The van der Waals surface area contributed by atoms with E-state index in [4.69, 9.17) is 5.11 Å². The van der Waals surface area contributed by atoms with Crippen LogP contribution in [0.3, 0.4) is 0 Å². The molecule has 0 saturated heterocycles. The Bertz CT molecular complexity index is 649. The fraction of sp³-hybridized carbons (Fsp3) is 0.962. The summed E-state index contributed by atoms with van der Waals surface area (Å²) in [5, 5.41) is 31.3. The van der Waals surface area contributed by atoms with Gasteiger partial charge in [0.15, 0.2) is 0 Å². The molecular formula is C26H44O4. The SMILES string of the molecule is CC[C@@H]1C2C[C@H](O)CC[C@]2(C)[C@H]2CC[C@@]3(C)C(CC[C@@H]3[C@H](C)CCC(=O)O)C2[C@@H]1O. The van der Waals surface area contributed by atoms with Gasteiger partial charge in [-0.3, -0.25) is 4.79 Å². The Balaban J connectivity index is 1.61. The summed E-state index contributed by atoms with van der Waals surface area (Å²) in [6.07, 6.45) is 9.27. The zero-order chi connectivity index (χ0) is 21.8. The molecule has 0 aromatic heterocycles. The van der Waals surface area contributed by atoms with Gasteiger partial charge >= 0.3 is 5.97 Å². The second-order valence-electron chi connectivity index (χ2n) is 12.0.